The summed E-state index contributed by atoms with van der Waals surface area (Å²) in [5, 5.41) is 8.87. The zero-order valence-corrected chi connectivity index (χ0v) is 12.7. The molecule has 0 aliphatic rings. The molecule has 0 aliphatic carbocycles. The van der Waals surface area contributed by atoms with Crippen molar-refractivity contribution in [1.29, 1.82) is 5.26 Å². The van der Waals surface area contributed by atoms with Crippen LogP contribution in [0.2, 0.25) is 0 Å². The molecule has 7 heteroatoms. The lowest BCUT2D eigenvalue weighted by Crippen LogP contribution is -2.16. The van der Waals surface area contributed by atoms with Gasteiger partial charge in [0.15, 0.2) is 0 Å². The van der Waals surface area contributed by atoms with Crippen LogP contribution in [0.5, 0.6) is 0 Å². The maximum Gasteiger partial charge on any atom is 0.264 e. The monoisotopic (exact) mass is 302 g/mol. The predicted octanol–water partition coefficient (Wildman–Crippen LogP) is 2.07. The molecule has 1 aromatic carbocycles. The standard InChI is InChI=1S/C14H14N4O2S/c1-9-6-13(5-4-12(9)8-15)21(19,20)18-14-16-10(2)7-11(3)17-14/h4-7H,1-3H3,(H,16,17,18). The fourth-order valence-electron chi connectivity index (χ4n) is 1.88. The Morgan fingerprint density at radius 2 is 1.71 bits per heavy atom. The number of sulfonamides is 1. The van der Waals surface area contributed by atoms with Crippen LogP contribution >= 0.6 is 0 Å². The van der Waals surface area contributed by atoms with Crippen LogP contribution in [0.25, 0.3) is 0 Å². The lowest BCUT2D eigenvalue weighted by molar-refractivity contribution is 0.600. The summed E-state index contributed by atoms with van der Waals surface area (Å²) in [6, 6.07) is 8.06. The number of anilines is 1. The molecular formula is C14H14N4O2S. The molecule has 6 nitrogen and oxygen atoms in total. The molecule has 0 fully saturated rings. The lowest BCUT2D eigenvalue weighted by Gasteiger charge is -2.09. The molecule has 21 heavy (non-hydrogen) atoms. The molecule has 2 aromatic rings. The van der Waals surface area contributed by atoms with Gasteiger partial charge < -0.3 is 0 Å². The molecule has 108 valence electrons. The Hall–Kier alpha value is -2.46. The molecule has 1 aromatic heterocycles. The number of nitriles is 1. The largest absolute Gasteiger partial charge is 0.264 e. The van der Waals surface area contributed by atoms with Crippen molar-refractivity contribution in [3.8, 4) is 6.07 Å². The second-order valence-electron chi connectivity index (χ2n) is 4.67. The molecule has 0 radical (unpaired) electrons. The van der Waals surface area contributed by atoms with Gasteiger partial charge in [0.05, 0.1) is 16.5 Å². The van der Waals surface area contributed by atoms with E-state index in [2.05, 4.69) is 14.7 Å². The molecule has 0 aliphatic heterocycles. The maximum atomic E-state index is 12.3. The van der Waals surface area contributed by atoms with Gasteiger partial charge in [-0.3, -0.25) is 0 Å². The number of rotatable bonds is 3. The van der Waals surface area contributed by atoms with Gasteiger partial charge in [0.2, 0.25) is 5.95 Å². The minimum atomic E-state index is -3.78. The van der Waals surface area contributed by atoms with Crippen LogP contribution in [0.15, 0.2) is 29.2 Å². The second kappa shape index (κ2) is 5.50. The highest BCUT2D eigenvalue weighted by Gasteiger charge is 2.17. The summed E-state index contributed by atoms with van der Waals surface area (Å²) in [4.78, 5) is 8.17. The molecule has 1 N–H and O–H groups in total. The first-order chi connectivity index (χ1) is 9.81. The van der Waals surface area contributed by atoms with Crippen LogP contribution in [-0.2, 0) is 10.0 Å². The molecule has 0 spiro atoms. The fourth-order valence-corrected chi connectivity index (χ4v) is 2.91. The molecule has 0 saturated carbocycles. The van der Waals surface area contributed by atoms with Crippen LogP contribution < -0.4 is 4.72 Å². The Bertz CT molecular complexity index is 818. The van der Waals surface area contributed by atoms with E-state index in [1.54, 1.807) is 26.8 Å². The second-order valence-corrected chi connectivity index (χ2v) is 6.35. The highest BCUT2D eigenvalue weighted by molar-refractivity contribution is 7.92. The van der Waals surface area contributed by atoms with E-state index >= 15 is 0 Å². The quantitative estimate of drug-likeness (QED) is 0.936. The SMILES string of the molecule is Cc1cc(C)nc(NS(=O)(=O)c2ccc(C#N)c(C)c2)n1. The Kier molecular flexibility index (Phi) is 3.91. The fraction of sp³-hybridized carbons (Fsp3) is 0.214. The highest BCUT2D eigenvalue weighted by Crippen LogP contribution is 2.17. The molecule has 2 rings (SSSR count). The minimum Gasteiger partial charge on any atom is -0.247 e. The number of hydrogen-bond donors (Lipinski definition) is 1. The maximum absolute atomic E-state index is 12.3. The van der Waals surface area contributed by atoms with Crippen LogP contribution in [0.1, 0.15) is 22.5 Å². The Morgan fingerprint density at radius 1 is 1.10 bits per heavy atom. The van der Waals surface area contributed by atoms with E-state index in [0.29, 0.717) is 22.5 Å². The van der Waals surface area contributed by atoms with E-state index in [1.807, 2.05) is 6.07 Å². The topological polar surface area (TPSA) is 95.7 Å². The van der Waals surface area contributed by atoms with Crippen molar-refractivity contribution in [2.45, 2.75) is 25.7 Å². The summed E-state index contributed by atoms with van der Waals surface area (Å²) in [5.41, 5.74) is 2.39. The molecular weight excluding hydrogens is 288 g/mol. The summed E-state index contributed by atoms with van der Waals surface area (Å²) >= 11 is 0. The van der Waals surface area contributed by atoms with Crippen molar-refractivity contribution in [3.05, 3.63) is 46.8 Å². The Labute approximate surface area is 123 Å². The van der Waals surface area contributed by atoms with Crippen molar-refractivity contribution in [2.75, 3.05) is 4.72 Å². The van der Waals surface area contributed by atoms with Gasteiger partial charge in [-0.25, -0.2) is 23.1 Å². The minimum absolute atomic E-state index is 0.0366. The zero-order valence-electron chi connectivity index (χ0n) is 11.9. The van der Waals surface area contributed by atoms with E-state index < -0.39 is 10.0 Å². The van der Waals surface area contributed by atoms with E-state index in [9.17, 15) is 8.42 Å². The highest BCUT2D eigenvalue weighted by atomic mass is 32.2. The molecule has 0 saturated heterocycles. The summed E-state index contributed by atoms with van der Waals surface area (Å²) in [6.07, 6.45) is 0. The van der Waals surface area contributed by atoms with Gasteiger partial charge in [-0.15, -0.1) is 0 Å². The Morgan fingerprint density at radius 3 is 2.24 bits per heavy atom. The summed E-state index contributed by atoms with van der Waals surface area (Å²) in [7, 11) is -3.78. The van der Waals surface area contributed by atoms with Crippen molar-refractivity contribution >= 4 is 16.0 Å². The number of aryl methyl sites for hydroxylation is 3. The van der Waals surface area contributed by atoms with Crippen LogP contribution in [0.3, 0.4) is 0 Å². The summed E-state index contributed by atoms with van der Waals surface area (Å²) < 4.78 is 27.0. The summed E-state index contributed by atoms with van der Waals surface area (Å²) in [5.74, 6) is 0.0366. The van der Waals surface area contributed by atoms with Crippen LogP contribution in [0.4, 0.5) is 5.95 Å². The first kappa shape index (κ1) is 14.9. The van der Waals surface area contributed by atoms with Crippen molar-refractivity contribution < 1.29 is 8.42 Å². The number of benzene rings is 1. The van der Waals surface area contributed by atoms with E-state index in [1.165, 1.54) is 18.2 Å². The van der Waals surface area contributed by atoms with Gasteiger partial charge >= 0.3 is 0 Å². The van der Waals surface area contributed by atoms with Gasteiger partial charge in [-0.1, -0.05) is 0 Å². The van der Waals surface area contributed by atoms with Crippen LogP contribution in [-0.4, -0.2) is 18.4 Å². The molecule has 1 heterocycles. The van der Waals surface area contributed by atoms with Crippen LogP contribution in [0, 0.1) is 32.1 Å². The van der Waals surface area contributed by atoms with Gasteiger partial charge in [-0.2, -0.15) is 5.26 Å². The van der Waals surface area contributed by atoms with E-state index in [0.717, 1.165) is 0 Å². The average molecular weight is 302 g/mol. The number of aromatic nitrogens is 2. The van der Waals surface area contributed by atoms with E-state index in [-0.39, 0.29) is 10.8 Å². The average Bonchev–Trinajstić information content (AvgIpc) is 2.36. The molecule has 0 bridgehead atoms. The van der Waals surface area contributed by atoms with Crippen molar-refractivity contribution in [3.63, 3.8) is 0 Å². The van der Waals surface area contributed by atoms with Gasteiger partial charge in [-0.05, 0) is 50.6 Å². The smallest absolute Gasteiger partial charge is 0.247 e. The lowest BCUT2D eigenvalue weighted by atomic mass is 10.1. The first-order valence-corrected chi connectivity index (χ1v) is 7.66. The molecule has 0 atom stereocenters. The Balaban J connectivity index is 2.39. The van der Waals surface area contributed by atoms with Crippen molar-refractivity contribution in [1.82, 2.24) is 9.97 Å². The number of hydrogen-bond acceptors (Lipinski definition) is 5. The third kappa shape index (κ3) is 3.35. The van der Waals surface area contributed by atoms with Gasteiger partial charge in [0.25, 0.3) is 10.0 Å². The third-order valence-electron chi connectivity index (χ3n) is 2.84. The van der Waals surface area contributed by atoms with E-state index in [4.69, 9.17) is 5.26 Å². The molecule has 0 amide bonds. The predicted molar refractivity (Wildman–Crippen MR) is 78.2 cm³/mol. The third-order valence-corrected chi connectivity index (χ3v) is 4.16. The van der Waals surface area contributed by atoms with Gasteiger partial charge in [0, 0.05) is 11.4 Å². The van der Waals surface area contributed by atoms with Crippen molar-refractivity contribution in [2.24, 2.45) is 0 Å². The first-order valence-electron chi connectivity index (χ1n) is 6.17. The zero-order chi connectivity index (χ0) is 15.6. The summed E-state index contributed by atoms with van der Waals surface area (Å²) in [6.45, 7) is 5.21. The normalized spacial score (nSPS) is 11.0. The van der Waals surface area contributed by atoms with Gasteiger partial charge in [0.1, 0.15) is 0 Å². The number of nitrogens with zero attached hydrogens (tertiary/aromatic N) is 3. The molecule has 0 unspecified atom stereocenters. The number of nitrogens with one attached hydrogen (secondary N) is 1.